The molecule has 2 heterocycles. The Hall–Kier alpha value is -4.14. The summed E-state index contributed by atoms with van der Waals surface area (Å²) in [7, 11) is 0. The molecule has 1 aromatic carbocycles. The third-order valence-electron chi connectivity index (χ3n) is 3.54. The molecule has 148 valence electrons. The molecular weight excluding hydrogens is 378 g/mol. The summed E-state index contributed by atoms with van der Waals surface area (Å²) < 4.78 is 15.6. The second kappa shape index (κ2) is 9.70. The van der Waals surface area contributed by atoms with Crippen molar-refractivity contribution in [2.75, 3.05) is 6.61 Å². The van der Waals surface area contributed by atoms with Gasteiger partial charge in [-0.15, -0.1) is 0 Å². The molecule has 0 aliphatic rings. The molecule has 3 rings (SSSR count). The molecule has 3 aromatic rings. The zero-order valence-electron chi connectivity index (χ0n) is 15.2. The quantitative estimate of drug-likeness (QED) is 0.590. The number of ether oxygens (including phenoxy) is 2. The van der Waals surface area contributed by atoms with Crippen LogP contribution in [0.5, 0.6) is 11.6 Å². The minimum absolute atomic E-state index is 0.0419. The van der Waals surface area contributed by atoms with Crippen LogP contribution in [0.3, 0.4) is 0 Å². The third-order valence-corrected chi connectivity index (χ3v) is 3.54. The zero-order chi connectivity index (χ0) is 20.5. The van der Waals surface area contributed by atoms with E-state index in [0.717, 1.165) is 0 Å². The van der Waals surface area contributed by atoms with Crippen LogP contribution in [0.1, 0.15) is 16.1 Å². The molecule has 0 radical (unpaired) electrons. The first-order valence-electron chi connectivity index (χ1n) is 8.57. The summed E-state index contributed by atoms with van der Waals surface area (Å²) in [5.41, 5.74) is 0.0476. The molecule has 0 spiro atoms. The maximum Gasteiger partial charge on any atom is 0.344 e. The predicted molar refractivity (Wildman–Crippen MR) is 100 cm³/mol. The van der Waals surface area contributed by atoms with E-state index in [9.17, 15) is 14.4 Å². The number of imide groups is 1. The van der Waals surface area contributed by atoms with Crippen molar-refractivity contribution >= 4 is 17.9 Å². The molecule has 0 unspecified atom stereocenters. The van der Waals surface area contributed by atoms with Gasteiger partial charge in [-0.1, -0.05) is 18.2 Å². The van der Waals surface area contributed by atoms with Crippen molar-refractivity contribution in [3.63, 3.8) is 0 Å². The fourth-order valence-electron chi connectivity index (χ4n) is 2.22. The van der Waals surface area contributed by atoms with Crippen LogP contribution < -0.4 is 15.4 Å². The molecule has 0 bridgehead atoms. The zero-order valence-corrected chi connectivity index (χ0v) is 15.2. The van der Waals surface area contributed by atoms with E-state index in [2.05, 4.69) is 10.3 Å². The van der Waals surface area contributed by atoms with Crippen LogP contribution in [0.15, 0.2) is 71.5 Å². The van der Waals surface area contributed by atoms with Crippen LogP contribution in [0, 0.1) is 0 Å². The Morgan fingerprint density at radius 2 is 1.83 bits per heavy atom. The number of amides is 3. The Labute approximate surface area is 165 Å². The number of esters is 1. The second-order valence-electron chi connectivity index (χ2n) is 5.66. The van der Waals surface area contributed by atoms with Gasteiger partial charge < -0.3 is 19.2 Å². The van der Waals surface area contributed by atoms with Crippen molar-refractivity contribution in [2.24, 2.45) is 0 Å². The molecule has 0 saturated heterocycles. The number of urea groups is 1. The summed E-state index contributed by atoms with van der Waals surface area (Å²) in [5, 5.41) is 4.49. The molecule has 29 heavy (non-hydrogen) atoms. The number of carbonyl (C=O) groups excluding carboxylic acids is 3. The van der Waals surface area contributed by atoms with Gasteiger partial charge >= 0.3 is 12.0 Å². The van der Waals surface area contributed by atoms with Crippen molar-refractivity contribution in [3.8, 4) is 11.6 Å². The lowest BCUT2D eigenvalue weighted by Gasteiger charge is -2.10. The first-order valence-corrected chi connectivity index (χ1v) is 8.57. The van der Waals surface area contributed by atoms with Gasteiger partial charge in [-0.25, -0.2) is 14.6 Å². The SMILES string of the molecule is O=C(COC(=O)c1cccnc1Oc1ccccc1)NC(=O)NCc1ccco1. The lowest BCUT2D eigenvalue weighted by molar-refractivity contribution is -0.123. The Morgan fingerprint density at radius 1 is 1.00 bits per heavy atom. The molecule has 9 nitrogen and oxygen atoms in total. The van der Waals surface area contributed by atoms with Crippen LogP contribution >= 0.6 is 0 Å². The fourth-order valence-corrected chi connectivity index (χ4v) is 2.22. The van der Waals surface area contributed by atoms with Gasteiger partial charge in [0.05, 0.1) is 12.8 Å². The van der Waals surface area contributed by atoms with Crippen LogP contribution in [-0.4, -0.2) is 29.5 Å². The van der Waals surface area contributed by atoms with Gasteiger partial charge in [-0.2, -0.15) is 0 Å². The van der Waals surface area contributed by atoms with Gasteiger partial charge in [0.25, 0.3) is 5.91 Å². The van der Waals surface area contributed by atoms with E-state index in [1.54, 1.807) is 36.4 Å². The Balaban J connectivity index is 1.50. The van der Waals surface area contributed by atoms with Gasteiger partial charge in [0, 0.05) is 6.20 Å². The van der Waals surface area contributed by atoms with E-state index in [-0.39, 0.29) is 18.0 Å². The number of furan rings is 1. The average Bonchev–Trinajstić information content (AvgIpc) is 3.25. The summed E-state index contributed by atoms with van der Waals surface area (Å²) in [6, 6.07) is 14.4. The van der Waals surface area contributed by atoms with Crippen molar-refractivity contribution < 1.29 is 28.3 Å². The molecule has 9 heteroatoms. The van der Waals surface area contributed by atoms with Gasteiger partial charge in [-0.3, -0.25) is 10.1 Å². The highest BCUT2D eigenvalue weighted by Gasteiger charge is 2.18. The van der Waals surface area contributed by atoms with E-state index in [4.69, 9.17) is 13.9 Å². The van der Waals surface area contributed by atoms with E-state index < -0.39 is 24.5 Å². The lowest BCUT2D eigenvalue weighted by Crippen LogP contribution is -2.41. The molecule has 2 aromatic heterocycles. The number of aromatic nitrogens is 1. The summed E-state index contributed by atoms with van der Waals surface area (Å²) in [6.07, 6.45) is 2.93. The maximum atomic E-state index is 12.3. The largest absolute Gasteiger partial charge is 0.467 e. The maximum absolute atomic E-state index is 12.3. The Bertz CT molecular complexity index is 973. The van der Waals surface area contributed by atoms with Crippen molar-refractivity contribution in [1.29, 1.82) is 0 Å². The summed E-state index contributed by atoms with van der Waals surface area (Å²) >= 11 is 0. The highest BCUT2D eigenvalue weighted by molar-refractivity contribution is 5.97. The molecule has 0 fully saturated rings. The number of hydrogen-bond donors (Lipinski definition) is 2. The molecule has 0 atom stereocenters. The number of rotatable bonds is 7. The number of nitrogens with one attached hydrogen (secondary N) is 2. The smallest absolute Gasteiger partial charge is 0.344 e. The summed E-state index contributed by atoms with van der Waals surface area (Å²) in [4.78, 5) is 39.8. The average molecular weight is 395 g/mol. The normalized spacial score (nSPS) is 10.1. The fraction of sp³-hybridized carbons (Fsp3) is 0.100. The predicted octanol–water partition coefficient (Wildman–Crippen LogP) is 2.65. The number of hydrogen-bond acceptors (Lipinski definition) is 7. The van der Waals surface area contributed by atoms with E-state index in [1.807, 2.05) is 11.4 Å². The topological polar surface area (TPSA) is 120 Å². The molecule has 2 N–H and O–H groups in total. The van der Waals surface area contributed by atoms with Gasteiger partial charge in [0.15, 0.2) is 6.61 Å². The number of para-hydroxylation sites is 1. The highest BCUT2D eigenvalue weighted by atomic mass is 16.5. The highest BCUT2D eigenvalue weighted by Crippen LogP contribution is 2.23. The Morgan fingerprint density at radius 3 is 2.59 bits per heavy atom. The van der Waals surface area contributed by atoms with Crippen molar-refractivity contribution in [1.82, 2.24) is 15.6 Å². The van der Waals surface area contributed by atoms with Gasteiger partial charge in [0.2, 0.25) is 5.88 Å². The first kappa shape index (κ1) is 19.6. The molecular formula is C20H17N3O6. The van der Waals surface area contributed by atoms with Crippen molar-refractivity contribution in [2.45, 2.75) is 6.54 Å². The molecule has 0 aliphatic heterocycles. The third kappa shape index (κ3) is 5.93. The number of benzene rings is 1. The minimum atomic E-state index is -0.810. The van der Waals surface area contributed by atoms with E-state index in [1.165, 1.54) is 24.6 Å². The number of carbonyl (C=O) groups is 3. The molecule has 3 amide bonds. The minimum Gasteiger partial charge on any atom is -0.467 e. The monoisotopic (exact) mass is 395 g/mol. The standard InChI is InChI=1S/C20H17N3O6/c24-17(23-20(26)22-12-15-8-5-11-27-15)13-28-19(25)16-9-4-10-21-18(16)29-14-6-2-1-3-7-14/h1-11H,12-13H2,(H2,22,23,24,26). The van der Waals surface area contributed by atoms with Gasteiger partial charge in [0.1, 0.15) is 17.1 Å². The van der Waals surface area contributed by atoms with Crippen molar-refractivity contribution in [3.05, 3.63) is 78.4 Å². The second-order valence-corrected chi connectivity index (χ2v) is 5.66. The molecule has 0 aliphatic carbocycles. The molecule has 0 saturated carbocycles. The van der Waals surface area contributed by atoms with Crippen LogP contribution in [0.2, 0.25) is 0 Å². The van der Waals surface area contributed by atoms with Crippen LogP contribution in [0.4, 0.5) is 4.79 Å². The Kier molecular flexibility index (Phi) is 6.56. The number of nitrogens with zero attached hydrogens (tertiary/aromatic N) is 1. The lowest BCUT2D eigenvalue weighted by atomic mass is 10.2. The summed E-state index contributed by atoms with van der Waals surface area (Å²) in [5.74, 6) is -0.534. The van der Waals surface area contributed by atoms with E-state index in [0.29, 0.717) is 11.5 Å². The van der Waals surface area contributed by atoms with Crippen LogP contribution in [0.25, 0.3) is 0 Å². The van der Waals surface area contributed by atoms with Gasteiger partial charge in [-0.05, 0) is 36.4 Å². The van der Waals surface area contributed by atoms with Crippen LogP contribution in [-0.2, 0) is 16.1 Å². The summed E-state index contributed by atoms with van der Waals surface area (Å²) in [6.45, 7) is -0.533. The first-order chi connectivity index (χ1) is 14.1. The number of pyridine rings is 1. The van der Waals surface area contributed by atoms with E-state index >= 15 is 0 Å².